The Bertz CT molecular complexity index is 802. The molecule has 0 saturated carbocycles. The Morgan fingerprint density at radius 1 is 1.18 bits per heavy atom. The van der Waals surface area contributed by atoms with Gasteiger partial charge in [-0.2, -0.15) is 0 Å². The summed E-state index contributed by atoms with van der Waals surface area (Å²) in [4.78, 5) is 14.8. The number of pyridine rings is 1. The maximum Gasteiger partial charge on any atom is 0.212 e. The lowest BCUT2D eigenvalue weighted by Crippen LogP contribution is -1.92. The zero-order valence-corrected chi connectivity index (χ0v) is 12.8. The number of aromatic nitrogens is 2. The fraction of sp³-hybridized carbons (Fsp3) is 0.176. The third kappa shape index (κ3) is 3.14. The highest BCUT2D eigenvalue weighted by Gasteiger charge is 2.05. The number of alkyl halides is 1. The number of hydrogen-bond donors (Lipinski definition) is 1. The Balaban J connectivity index is 0.000000849. The smallest absolute Gasteiger partial charge is 0.212 e. The van der Waals surface area contributed by atoms with E-state index in [-0.39, 0.29) is 1.43 Å². The number of nitrogens with zero attached hydrogens (tertiary/aromatic N) is 2. The zero-order valence-electron chi connectivity index (χ0n) is 12.8. The molecule has 4 nitrogen and oxygen atoms in total. The molecule has 2 aromatic heterocycles. The van der Waals surface area contributed by atoms with Gasteiger partial charge in [-0.25, -0.2) is 4.98 Å². The molecule has 2 heterocycles. The van der Waals surface area contributed by atoms with Crippen LogP contribution in [0, 0.1) is 13.8 Å². The molecule has 0 bridgehead atoms. The van der Waals surface area contributed by atoms with Gasteiger partial charge in [-0.05, 0) is 42.7 Å². The predicted octanol–water partition coefficient (Wildman–Crippen LogP) is 4.02. The number of halogens is 1. The molecule has 0 unspecified atom stereocenters. The Kier molecular flexibility index (Phi) is 4.88. The fourth-order valence-electron chi connectivity index (χ4n) is 2.33. The Labute approximate surface area is 130 Å². The van der Waals surface area contributed by atoms with Crippen LogP contribution >= 0.6 is 0 Å². The number of benzene rings is 1. The quantitative estimate of drug-likeness (QED) is 0.743. The van der Waals surface area contributed by atoms with E-state index in [9.17, 15) is 9.18 Å². The molecule has 0 radical (unpaired) electrons. The third-order valence-corrected chi connectivity index (χ3v) is 3.36. The maximum atomic E-state index is 10.5. The normalized spacial score (nSPS) is 10.0. The lowest BCUT2D eigenvalue weighted by Gasteiger charge is -2.07. The van der Waals surface area contributed by atoms with E-state index in [0.717, 1.165) is 11.2 Å². The molecule has 1 aromatic carbocycles. The van der Waals surface area contributed by atoms with Crippen LogP contribution in [0.5, 0.6) is 0 Å². The molecule has 0 atom stereocenters. The molecule has 1 N–H and O–H groups in total. The molecule has 116 valence electrons. The number of aryl methyl sites for hydroxylation is 2. The lowest BCUT2D eigenvalue weighted by atomic mass is 10.00. The Hall–Kier alpha value is -2.69. The first-order chi connectivity index (χ1) is 10.7. The van der Waals surface area contributed by atoms with Crippen molar-refractivity contribution in [2.45, 2.75) is 13.8 Å². The van der Waals surface area contributed by atoms with Crippen molar-refractivity contribution in [1.82, 2.24) is 9.38 Å². The summed E-state index contributed by atoms with van der Waals surface area (Å²) in [5.74, 6) is 0.554. The topological polar surface area (TPSA) is 46.4 Å². The Morgan fingerprint density at radius 3 is 2.68 bits per heavy atom. The molecule has 0 fully saturated rings. The summed E-state index contributed by atoms with van der Waals surface area (Å²) in [6.07, 6.45) is 4.46. The van der Waals surface area contributed by atoms with Crippen LogP contribution in [0.15, 0.2) is 42.7 Å². The van der Waals surface area contributed by atoms with Gasteiger partial charge in [0, 0.05) is 7.62 Å². The van der Waals surface area contributed by atoms with Gasteiger partial charge in [0.1, 0.15) is 5.65 Å². The molecular weight excluding hydrogens is 281 g/mol. The molecule has 3 rings (SSSR count). The first kappa shape index (κ1) is 15.7. The van der Waals surface area contributed by atoms with Gasteiger partial charge >= 0.3 is 0 Å². The van der Waals surface area contributed by atoms with Crippen LogP contribution in [0.4, 0.5) is 10.2 Å². The largest absolute Gasteiger partial charge is 0.312 e. The number of hydrogen-bond acceptors (Lipinski definition) is 2. The van der Waals surface area contributed by atoms with E-state index < -0.39 is 0 Å². The number of fused-ring (bicyclic) bond motifs is 1. The number of amides is 1. The third-order valence-electron chi connectivity index (χ3n) is 3.36. The van der Waals surface area contributed by atoms with Gasteiger partial charge in [0.2, 0.25) is 6.41 Å². The zero-order chi connectivity index (χ0) is 16.1. The lowest BCUT2D eigenvalue weighted by molar-refractivity contribution is -0.105. The average Bonchev–Trinajstić information content (AvgIpc) is 2.93. The van der Waals surface area contributed by atoms with Crippen LogP contribution in [0.25, 0.3) is 16.8 Å². The van der Waals surface area contributed by atoms with Gasteiger partial charge in [-0.1, -0.05) is 23.8 Å². The predicted molar refractivity (Wildman–Crippen MR) is 88.9 cm³/mol. The molecule has 0 aliphatic heterocycles. The van der Waals surface area contributed by atoms with Crippen molar-refractivity contribution in [2.24, 2.45) is 0 Å². The second kappa shape index (κ2) is 6.85. The molecule has 0 saturated heterocycles. The molecule has 0 aliphatic rings. The highest BCUT2D eigenvalue weighted by Crippen LogP contribution is 2.25. The van der Waals surface area contributed by atoms with Gasteiger partial charge in [0.15, 0.2) is 5.82 Å². The number of rotatable bonds is 3. The highest BCUT2D eigenvalue weighted by atomic mass is 19.1. The second-order valence-electron chi connectivity index (χ2n) is 4.89. The molecule has 5 heteroatoms. The molecule has 0 aliphatic carbocycles. The van der Waals surface area contributed by atoms with E-state index in [1.54, 1.807) is 6.20 Å². The molecule has 0 spiro atoms. The van der Waals surface area contributed by atoms with Crippen molar-refractivity contribution >= 4 is 17.9 Å². The number of nitrogens with one attached hydrogen (secondary N) is 1. The van der Waals surface area contributed by atoms with Gasteiger partial charge < -0.3 is 9.72 Å². The summed E-state index contributed by atoms with van der Waals surface area (Å²) >= 11 is 0. The summed E-state index contributed by atoms with van der Waals surface area (Å²) in [6, 6.07) is 10.4. The molecular formula is C17H20FN3O. The molecule has 3 aromatic rings. The minimum absolute atomic E-state index is 0. The summed E-state index contributed by atoms with van der Waals surface area (Å²) < 4.78 is 11.4. The monoisotopic (exact) mass is 301 g/mol. The second-order valence-corrected chi connectivity index (χ2v) is 4.89. The van der Waals surface area contributed by atoms with E-state index >= 15 is 0 Å². The van der Waals surface area contributed by atoms with E-state index in [2.05, 4.69) is 48.4 Å². The number of anilines is 1. The first-order valence-corrected chi connectivity index (χ1v) is 6.82. The SMILES string of the molecule is CF.Cc1ccc(C)c(-c2ccc3nc(NC=O)cn3c2)c1.[HH]. The van der Waals surface area contributed by atoms with Gasteiger partial charge in [0.25, 0.3) is 0 Å². The standard InChI is InChI=1S/C16H15N3O.CH3F.H2/c1-11-3-4-12(2)14(7-11)13-5-6-16-18-15(17-10-20)9-19(16)8-13;1-2;/h3-10H,1-2H3,(H,17,20);1H3;1H. The Morgan fingerprint density at radius 2 is 1.95 bits per heavy atom. The minimum Gasteiger partial charge on any atom is -0.312 e. The number of carbonyl (C=O) groups excluding carboxylic acids is 1. The van der Waals surface area contributed by atoms with Gasteiger partial charge in [0.05, 0.1) is 13.4 Å². The van der Waals surface area contributed by atoms with Gasteiger partial charge in [-0.3, -0.25) is 9.18 Å². The number of carbonyl (C=O) groups is 1. The van der Waals surface area contributed by atoms with E-state index in [1.165, 1.54) is 16.7 Å². The summed E-state index contributed by atoms with van der Waals surface area (Å²) in [5, 5.41) is 2.56. The van der Waals surface area contributed by atoms with Crippen molar-refractivity contribution in [1.29, 1.82) is 0 Å². The van der Waals surface area contributed by atoms with Crippen molar-refractivity contribution in [3.05, 3.63) is 53.9 Å². The fourth-order valence-corrected chi connectivity index (χ4v) is 2.33. The summed E-state index contributed by atoms with van der Waals surface area (Å²) in [7, 11) is 0.500. The van der Waals surface area contributed by atoms with Crippen LogP contribution in [0.1, 0.15) is 12.6 Å². The van der Waals surface area contributed by atoms with E-state index in [0.29, 0.717) is 19.4 Å². The summed E-state index contributed by atoms with van der Waals surface area (Å²) in [5.41, 5.74) is 5.63. The minimum atomic E-state index is 0. The van der Waals surface area contributed by atoms with Crippen molar-refractivity contribution in [3.8, 4) is 11.1 Å². The van der Waals surface area contributed by atoms with Crippen LogP contribution in [0.2, 0.25) is 0 Å². The maximum absolute atomic E-state index is 10.5. The molecule has 22 heavy (non-hydrogen) atoms. The number of imidazole rings is 1. The van der Waals surface area contributed by atoms with Crippen molar-refractivity contribution < 1.29 is 10.6 Å². The highest BCUT2D eigenvalue weighted by molar-refractivity contribution is 5.72. The van der Waals surface area contributed by atoms with Gasteiger partial charge in [-0.15, -0.1) is 0 Å². The van der Waals surface area contributed by atoms with E-state index in [4.69, 9.17) is 0 Å². The molecule has 1 amide bonds. The van der Waals surface area contributed by atoms with Crippen molar-refractivity contribution in [3.63, 3.8) is 0 Å². The van der Waals surface area contributed by atoms with E-state index in [1.807, 2.05) is 16.7 Å². The van der Waals surface area contributed by atoms with Crippen LogP contribution in [-0.4, -0.2) is 23.0 Å². The van der Waals surface area contributed by atoms with Crippen LogP contribution in [-0.2, 0) is 4.79 Å². The van der Waals surface area contributed by atoms with Crippen LogP contribution < -0.4 is 5.32 Å². The summed E-state index contributed by atoms with van der Waals surface area (Å²) in [6.45, 7) is 4.19. The first-order valence-electron chi connectivity index (χ1n) is 6.82. The average molecular weight is 301 g/mol. The van der Waals surface area contributed by atoms with Crippen LogP contribution in [0.3, 0.4) is 0 Å². The van der Waals surface area contributed by atoms with Crippen molar-refractivity contribution in [2.75, 3.05) is 12.5 Å².